The van der Waals surface area contributed by atoms with Crippen LogP contribution in [0, 0.1) is 0 Å². The fourth-order valence-corrected chi connectivity index (χ4v) is 3.91. The Morgan fingerprint density at radius 3 is 2.41 bits per heavy atom. The number of rotatable bonds is 8. The number of anilines is 1. The van der Waals surface area contributed by atoms with Crippen molar-refractivity contribution in [1.29, 1.82) is 0 Å². The van der Waals surface area contributed by atoms with Crippen molar-refractivity contribution in [3.8, 4) is 11.4 Å². The highest BCUT2D eigenvalue weighted by molar-refractivity contribution is 5.96. The molecule has 7 heteroatoms. The molecule has 7 nitrogen and oxygen atoms in total. The monoisotopic (exact) mass is 434 g/mol. The highest BCUT2D eigenvalue weighted by Gasteiger charge is 2.32. The Labute approximate surface area is 187 Å². The van der Waals surface area contributed by atoms with Gasteiger partial charge in [0, 0.05) is 12.4 Å². The van der Waals surface area contributed by atoms with Gasteiger partial charge in [-0.25, -0.2) is 4.79 Å². The minimum absolute atomic E-state index is 0.0866. The summed E-state index contributed by atoms with van der Waals surface area (Å²) >= 11 is 0. The average molecular weight is 434 g/mol. The third-order valence-corrected chi connectivity index (χ3v) is 5.79. The van der Waals surface area contributed by atoms with Gasteiger partial charge in [-0.05, 0) is 42.0 Å². The van der Waals surface area contributed by atoms with Crippen molar-refractivity contribution in [3.05, 3.63) is 78.1 Å². The fourth-order valence-electron chi connectivity index (χ4n) is 3.91. The molecule has 2 aromatic carbocycles. The molecule has 2 saturated heterocycles. The van der Waals surface area contributed by atoms with Crippen molar-refractivity contribution >= 4 is 11.7 Å². The van der Waals surface area contributed by atoms with Crippen LogP contribution in [-0.4, -0.2) is 56.2 Å². The maximum atomic E-state index is 12.4. The lowest BCUT2D eigenvalue weighted by atomic mass is 10.1. The molecule has 0 aliphatic carbocycles. The van der Waals surface area contributed by atoms with Gasteiger partial charge >= 0.3 is 5.97 Å². The summed E-state index contributed by atoms with van der Waals surface area (Å²) in [4.78, 5) is 14.6. The molecule has 0 N–H and O–H groups in total. The smallest absolute Gasteiger partial charge is 0.340 e. The Morgan fingerprint density at radius 1 is 1.00 bits per heavy atom. The van der Waals surface area contributed by atoms with Gasteiger partial charge in [-0.1, -0.05) is 18.2 Å². The molecule has 2 fully saturated rings. The lowest BCUT2D eigenvalue weighted by Gasteiger charge is -2.41. The van der Waals surface area contributed by atoms with Gasteiger partial charge in [-0.15, -0.1) is 0 Å². The maximum absolute atomic E-state index is 12.4. The van der Waals surface area contributed by atoms with Crippen molar-refractivity contribution < 1.29 is 23.7 Å². The molecule has 0 radical (unpaired) electrons. The quantitative estimate of drug-likeness (QED) is 0.506. The van der Waals surface area contributed by atoms with Crippen molar-refractivity contribution in [3.63, 3.8) is 0 Å². The molecule has 166 valence electrons. The number of aromatic nitrogens is 1. The van der Waals surface area contributed by atoms with Crippen LogP contribution in [0.5, 0.6) is 5.75 Å². The second kappa shape index (κ2) is 9.06. The highest BCUT2D eigenvalue weighted by atomic mass is 16.6. The zero-order valence-electron chi connectivity index (χ0n) is 18.0. The fraction of sp³-hybridized carbons (Fsp3) is 0.320. The number of para-hydroxylation sites is 1. The van der Waals surface area contributed by atoms with E-state index in [1.165, 1.54) is 7.11 Å². The number of benzene rings is 2. The summed E-state index contributed by atoms with van der Waals surface area (Å²) in [6.07, 6.45) is 4.18. The maximum Gasteiger partial charge on any atom is 0.340 e. The zero-order valence-corrected chi connectivity index (χ0v) is 18.0. The first-order chi connectivity index (χ1) is 15.7. The van der Waals surface area contributed by atoms with E-state index in [1.54, 1.807) is 6.07 Å². The summed E-state index contributed by atoms with van der Waals surface area (Å²) in [6.45, 7) is 3.45. The van der Waals surface area contributed by atoms with Crippen LogP contribution in [0.4, 0.5) is 5.69 Å². The molecule has 3 heterocycles. The van der Waals surface area contributed by atoms with Gasteiger partial charge in [-0.3, -0.25) is 0 Å². The summed E-state index contributed by atoms with van der Waals surface area (Å²) in [5, 5.41) is 0. The van der Waals surface area contributed by atoms with Gasteiger partial charge in [0.2, 0.25) is 0 Å². The molecular weight excluding hydrogens is 408 g/mol. The summed E-state index contributed by atoms with van der Waals surface area (Å²) in [6, 6.07) is 17.6. The van der Waals surface area contributed by atoms with Gasteiger partial charge in [0.25, 0.3) is 0 Å². The van der Waals surface area contributed by atoms with Crippen LogP contribution in [0.25, 0.3) is 5.69 Å². The number of ether oxygens (including phenoxy) is 4. The molecule has 32 heavy (non-hydrogen) atoms. The van der Waals surface area contributed by atoms with E-state index in [2.05, 4.69) is 4.90 Å². The third kappa shape index (κ3) is 4.22. The number of hydrogen-bond donors (Lipinski definition) is 0. The molecule has 1 aromatic heterocycles. The standard InChI is InChI=1S/C25H26N2O5/c1-29-25(28)22-5-4-6-23(24(22)26-11-2-3-12-26)27-13-20(14-27)32-19-9-7-18(8-10-19)15-31-21-16-30-17-21/h2-12,20-21H,13-17H2,1H3. The first-order valence-corrected chi connectivity index (χ1v) is 10.8. The Bertz CT molecular complexity index is 1050. The van der Waals surface area contributed by atoms with Crippen LogP contribution in [0.3, 0.4) is 0 Å². The van der Waals surface area contributed by atoms with E-state index < -0.39 is 0 Å². The van der Waals surface area contributed by atoms with E-state index in [0.29, 0.717) is 25.4 Å². The summed E-state index contributed by atoms with van der Waals surface area (Å²) in [5.74, 6) is 0.497. The SMILES string of the molecule is COC(=O)c1cccc(N2CC(Oc3ccc(COC4COC4)cc3)C2)c1-n1cccc1. The molecule has 0 amide bonds. The second-order valence-electron chi connectivity index (χ2n) is 8.01. The van der Waals surface area contributed by atoms with Crippen LogP contribution in [0.2, 0.25) is 0 Å². The molecule has 2 aliphatic rings. The van der Waals surface area contributed by atoms with E-state index in [-0.39, 0.29) is 18.2 Å². The molecule has 3 aromatic rings. The number of methoxy groups -OCH3 is 1. The molecular formula is C25H26N2O5. The lowest BCUT2D eigenvalue weighted by Crippen LogP contribution is -2.54. The van der Waals surface area contributed by atoms with Gasteiger partial charge in [0.15, 0.2) is 0 Å². The first-order valence-electron chi connectivity index (χ1n) is 10.8. The summed E-state index contributed by atoms with van der Waals surface area (Å²) in [5.41, 5.74) is 3.47. The van der Waals surface area contributed by atoms with Crippen LogP contribution in [0.15, 0.2) is 67.0 Å². The molecule has 0 saturated carbocycles. The van der Waals surface area contributed by atoms with Gasteiger partial charge in [0.1, 0.15) is 18.0 Å². The Morgan fingerprint density at radius 2 is 1.75 bits per heavy atom. The van der Waals surface area contributed by atoms with Crippen molar-refractivity contribution in [2.75, 3.05) is 38.3 Å². The zero-order chi connectivity index (χ0) is 21.9. The summed E-state index contributed by atoms with van der Waals surface area (Å²) < 4.78 is 24.0. The highest BCUT2D eigenvalue weighted by Crippen LogP contribution is 2.33. The van der Waals surface area contributed by atoms with E-state index in [4.69, 9.17) is 18.9 Å². The Hall–Kier alpha value is -3.29. The van der Waals surface area contributed by atoms with Gasteiger partial charge in [-0.2, -0.15) is 0 Å². The van der Waals surface area contributed by atoms with E-state index >= 15 is 0 Å². The van der Waals surface area contributed by atoms with Crippen LogP contribution < -0.4 is 9.64 Å². The predicted molar refractivity (Wildman–Crippen MR) is 120 cm³/mol. The Kier molecular flexibility index (Phi) is 5.83. The molecule has 0 unspecified atom stereocenters. The van der Waals surface area contributed by atoms with Crippen LogP contribution in [0.1, 0.15) is 15.9 Å². The largest absolute Gasteiger partial charge is 0.487 e. The van der Waals surface area contributed by atoms with Crippen LogP contribution >= 0.6 is 0 Å². The van der Waals surface area contributed by atoms with E-state index in [9.17, 15) is 4.79 Å². The lowest BCUT2D eigenvalue weighted by molar-refractivity contribution is -0.135. The minimum atomic E-state index is -0.349. The van der Waals surface area contributed by atoms with E-state index in [1.807, 2.05) is 65.5 Å². The number of carbonyl (C=O) groups excluding carboxylic acids is 1. The Balaban J connectivity index is 1.23. The number of nitrogens with zero attached hydrogens (tertiary/aromatic N) is 2. The van der Waals surface area contributed by atoms with Crippen molar-refractivity contribution in [2.45, 2.75) is 18.8 Å². The number of esters is 1. The number of carbonyl (C=O) groups is 1. The van der Waals surface area contributed by atoms with Gasteiger partial charge in [0.05, 0.1) is 57.0 Å². The molecule has 0 spiro atoms. The van der Waals surface area contributed by atoms with Gasteiger partial charge < -0.3 is 28.4 Å². The minimum Gasteiger partial charge on any atom is -0.487 e. The molecule has 0 bridgehead atoms. The topological polar surface area (TPSA) is 62.2 Å². The molecule has 0 atom stereocenters. The average Bonchev–Trinajstić information content (AvgIpc) is 3.29. The summed E-state index contributed by atoms with van der Waals surface area (Å²) in [7, 11) is 1.40. The van der Waals surface area contributed by atoms with Crippen molar-refractivity contribution in [2.24, 2.45) is 0 Å². The first kappa shape index (κ1) is 20.6. The van der Waals surface area contributed by atoms with Crippen molar-refractivity contribution in [1.82, 2.24) is 4.57 Å². The second-order valence-corrected chi connectivity index (χ2v) is 8.01. The van der Waals surface area contributed by atoms with E-state index in [0.717, 1.165) is 35.8 Å². The molecule has 5 rings (SSSR count). The molecule has 2 aliphatic heterocycles. The number of hydrogen-bond acceptors (Lipinski definition) is 6. The predicted octanol–water partition coefficient (Wildman–Crippen LogP) is 3.45. The van der Waals surface area contributed by atoms with Crippen LogP contribution in [-0.2, 0) is 20.8 Å². The normalized spacial score (nSPS) is 16.3. The third-order valence-electron chi connectivity index (χ3n) is 5.79.